The standard InChI is InChI=1S/C17H17NSSi.C9H7NS/c1-20(2,14-8-4-3-5-9-14)17-12-11-16(19-17)15-10-6-7-13-18-15;1-2-6-10-8(4-1)9-5-3-7-11-9/h3-13H,1-2H3;1-7H. The molecule has 4 heterocycles. The minimum absolute atomic E-state index is 1.06. The predicted octanol–water partition coefficient (Wildman–Crippen LogP) is 6.44. The van der Waals surface area contributed by atoms with Crippen LogP contribution >= 0.6 is 22.7 Å². The number of hydrogen-bond acceptors (Lipinski definition) is 4. The highest BCUT2D eigenvalue weighted by atomic mass is 32.1. The van der Waals surface area contributed by atoms with E-state index in [1.165, 1.54) is 19.4 Å². The van der Waals surface area contributed by atoms with Gasteiger partial charge < -0.3 is 0 Å². The van der Waals surface area contributed by atoms with Crippen molar-refractivity contribution in [3.05, 3.63) is 109 Å². The summed E-state index contributed by atoms with van der Waals surface area (Å²) in [6, 6.07) is 31.5. The molecule has 0 aliphatic carbocycles. The SMILES string of the molecule is C[Si](C)(c1ccccc1)c1ccc(-c2ccccn2)s1.c1ccc(-c2cccs2)nc1. The van der Waals surface area contributed by atoms with Crippen LogP contribution in [0.3, 0.4) is 0 Å². The molecule has 5 heteroatoms. The Kier molecular flexibility index (Phi) is 6.87. The van der Waals surface area contributed by atoms with E-state index in [4.69, 9.17) is 0 Å². The molecule has 154 valence electrons. The first-order valence-electron chi connectivity index (χ1n) is 10.2. The Morgan fingerprint density at radius 3 is 1.84 bits per heavy atom. The van der Waals surface area contributed by atoms with Crippen LogP contribution in [0.15, 0.2) is 109 Å². The summed E-state index contributed by atoms with van der Waals surface area (Å²) < 4.78 is 1.50. The summed E-state index contributed by atoms with van der Waals surface area (Å²) in [4.78, 5) is 11.2. The van der Waals surface area contributed by atoms with Crippen LogP contribution in [0.25, 0.3) is 21.1 Å². The molecule has 0 radical (unpaired) electrons. The van der Waals surface area contributed by atoms with E-state index in [1.54, 1.807) is 11.3 Å². The lowest BCUT2D eigenvalue weighted by atomic mass is 10.3. The average molecular weight is 457 g/mol. The van der Waals surface area contributed by atoms with Gasteiger partial charge in [-0.3, -0.25) is 9.97 Å². The quantitative estimate of drug-likeness (QED) is 0.291. The summed E-state index contributed by atoms with van der Waals surface area (Å²) in [5, 5.41) is 3.54. The van der Waals surface area contributed by atoms with Gasteiger partial charge in [0.15, 0.2) is 0 Å². The number of benzene rings is 1. The molecule has 0 spiro atoms. The van der Waals surface area contributed by atoms with Crippen LogP contribution < -0.4 is 9.69 Å². The second kappa shape index (κ2) is 9.96. The molecule has 5 rings (SSSR count). The molecule has 0 fully saturated rings. The van der Waals surface area contributed by atoms with Gasteiger partial charge in [0.2, 0.25) is 0 Å². The molecule has 2 nitrogen and oxygen atoms in total. The number of thiophene rings is 2. The summed E-state index contributed by atoms with van der Waals surface area (Å²) >= 11 is 3.60. The third kappa shape index (κ3) is 5.25. The maximum atomic E-state index is 4.44. The number of nitrogens with zero attached hydrogens (tertiary/aromatic N) is 2. The molecule has 0 saturated heterocycles. The van der Waals surface area contributed by atoms with Crippen molar-refractivity contribution in [2.45, 2.75) is 13.1 Å². The third-order valence-electron chi connectivity index (χ3n) is 5.07. The van der Waals surface area contributed by atoms with Gasteiger partial charge in [-0.1, -0.05) is 72.9 Å². The van der Waals surface area contributed by atoms with E-state index >= 15 is 0 Å². The summed E-state index contributed by atoms with van der Waals surface area (Å²) in [5.41, 5.74) is 2.13. The van der Waals surface area contributed by atoms with Crippen LogP contribution in [0, 0.1) is 0 Å². The maximum Gasteiger partial charge on any atom is 0.124 e. The van der Waals surface area contributed by atoms with Gasteiger partial charge in [0, 0.05) is 12.4 Å². The monoisotopic (exact) mass is 456 g/mol. The number of rotatable bonds is 4. The van der Waals surface area contributed by atoms with Gasteiger partial charge in [-0.05, 0) is 46.3 Å². The largest absolute Gasteiger partial charge is 0.255 e. The normalized spacial score (nSPS) is 10.9. The first-order chi connectivity index (χ1) is 15.1. The van der Waals surface area contributed by atoms with Crippen molar-refractivity contribution in [2.75, 3.05) is 0 Å². The van der Waals surface area contributed by atoms with Crippen LogP contribution in [-0.4, -0.2) is 18.0 Å². The Morgan fingerprint density at radius 1 is 0.613 bits per heavy atom. The van der Waals surface area contributed by atoms with Gasteiger partial charge in [0.25, 0.3) is 0 Å². The van der Waals surface area contributed by atoms with Crippen molar-refractivity contribution in [3.8, 4) is 21.1 Å². The first kappa shape index (κ1) is 21.4. The number of hydrogen-bond donors (Lipinski definition) is 0. The smallest absolute Gasteiger partial charge is 0.124 e. The average Bonchev–Trinajstić information content (AvgIpc) is 3.54. The van der Waals surface area contributed by atoms with Gasteiger partial charge in [-0.25, -0.2) is 0 Å². The molecule has 0 aliphatic rings. The Balaban J connectivity index is 0.000000177. The molecule has 31 heavy (non-hydrogen) atoms. The summed E-state index contributed by atoms with van der Waals surface area (Å²) in [7, 11) is -1.58. The molecule has 0 amide bonds. The maximum absolute atomic E-state index is 4.44. The summed E-state index contributed by atoms with van der Waals surface area (Å²) in [6.07, 6.45) is 3.67. The summed E-state index contributed by atoms with van der Waals surface area (Å²) in [6.45, 7) is 4.83. The zero-order valence-corrected chi connectivity index (χ0v) is 20.2. The van der Waals surface area contributed by atoms with Crippen LogP contribution in [0.2, 0.25) is 13.1 Å². The second-order valence-electron chi connectivity index (χ2n) is 7.56. The van der Waals surface area contributed by atoms with Crippen molar-refractivity contribution >= 4 is 40.4 Å². The van der Waals surface area contributed by atoms with Crippen LogP contribution in [0.5, 0.6) is 0 Å². The summed E-state index contributed by atoms with van der Waals surface area (Å²) in [5.74, 6) is 0. The Morgan fingerprint density at radius 2 is 1.26 bits per heavy atom. The minimum Gasteiger partial charge on any atom is -0.255 e. The highest BCUT2D eigenvalue weighted by Gasteiger charge is 2.27. The molecule has 0 unspecified atom stereocenters. The Labute approximate surface area is 192 Å². The van der Waals surface area contributed by atoms with E-state index in [-0.39, 0.29) is 0 Å². The van der Waals surface area contributed by atoms with E-state index in [1.807, 2.05) is 60.1 Å². The molecule has 0 N–H and O–H groups in total. The Hall–Kier alpha value is -2.86. The topological polar surface area (TPSA) is 25.8 Å². The van der Waals surface area contributed by atoms with Crippen LogP contribution in [0.1, 0.15) is 0 Å². The van der Waals surface area contributed by atoms with Crippen molar-refractivity contribution in [1.82, 2.24) is 9.97 Å². The highest BCUT2D eigenvalue weighted by molar-refractivity contribution is 7.31. The molecule has 5 aromatic rings. The molecular formula is C26H24N2S2Si. The van der Waals surface area contributed by atoms with Crippen molar-refractivity contribution in [1.29, 1.82) is 0 Å². The number of aromatic nitrogens is 2. The molecular weight excluding hydrogens is 433 g/mol. The van der Waals surface area contributed by atoms with Gasteiger partial charge in [0.05, 0.1) is 21.1 Å². The molecule has 4 aromatic heterocycles. The second-order valence-corrected chi connectivity index (χ2v) is 14.3. The zero-order chi connectivity index (χ0) is 21.5. The Bertz CT molecular complexity index is 1190. The van der Waals surface area contributed by atoms with E-state index in [2.05, 4.69) is 83.0 Å². The van der Waals surface area contributed by atoms with Crippen LogP contribution in [-0.2, 0) is 0 Å². The fraction of sp³-hybridized carbons (Fsp3) is 0.0769. The highest BCUT2D eigenvalue weighted by Crippen LogP contribution is 2.23. The van der Waals surface area contributed by atoms with E-state index in [9.17, 15) is 0 Å². The molecule has 0 bridgehead atoms. The first-order valence-corrected chi connectivity index (χ1v) is 14.9. The van der Waals surface area contributed by atoms with Gasteiger partial charge >= 0.3 is 0 Å². The molecule has 0 atom stereocenters. The molecule has 0 saturated carbocycles. The lowest BCUT2D eigenvalue weighted by molar-refractivity contribution is 1.34. The fourth-order valence-electron chi connectivity index (χ4n) is 3.25. The van der Waals surface area contributed by atoms with Gasteiger partial charge in [0.1, 0.15) is 8.07 Å². The molecule has 1 aromatic carbocycles. The lowest BCUT2D eigenvalue weighted by Gasteiger charge is -2.21. The van der Waals surface area contributed by atoms with Gasteiger partial charge in [-0.2, -0.15) is 0 Å². The van der Waals surface area contributed by atoms with E-state index in [0.717, 1.165) is 11.4 Å². The molecule has 0 aliphatic heterocycles. The fourth-order valence-corrected chi connectivity index (χ4v) is 8.20. The van der Waals surface area contributed by atoms with Gasteiger partial charge in [-0.15, -0.1) is 22.7 Å². The van der Waals surface area contributed by atoms with E-state index < -0.39 is 8.07 Å². The lowest BCUT2D eigenvalue weighted by Crippen LogP contribution is -2.51. The number of pyridine rings is 2. The van der Waals surface area contributed by atoms with Crippen LogP contribution in [0.4, 0.5) is 0 Å². The van der Waals surface area contributed by atoms with Crippen molar-refractivity contribution in [3.63, 3.8) is 0 Å². The predicted molar refractivity (Wildman–Crippen MR) is 138 cm³/mol. The van der Waals surface area contributed by atoms with Crippen molar-refractivity contribution in [2.24, 2.45) is 0 Å². The third-order valence-corrected chi connectivity index (χ3v) is 11.9. The van der Waals surface area contributed by atoms with E-state index in [0.29, 0.717) is 0 Å². The zero-order valence-electron chi connectivity index (χ0n) is 17.6. The van der Waals surface area contributed by atoms with Crippen molar-refractivity contribution < 1.29 is 0 Å². The minimum atomic E-state index is -1.58.